The van der Waals surface area contributed by atoms with Gasteiger partial charge < -0.3 is 14.7 Å². The molecule has 26 heavy (non-hydrogen) atoms. The second-order valence-electron chi connectivity index (χ2n) is 6.97. The molecular weight excluding hydrogens is 331 g/mol. The second kappa shape index (κ2) is 8.52. The van der Waals surface area contributed by atoms with E-state index in [0.29, 0.717) is 12.2 Å². The molecule has 1 atom stereocenters. The highest BCUT2D eigenvalue weighted by Crippen LogP contribution is 2.21. The summed E-state index contributed by atoms with van der Waals surface area (Å²) in [5.41, 5.74) is 2.87. The molecule has 0 saturated carbocycles. The summed E-state index contributed by atoms with van der Waals surface area (Å²) in [6.07, 6.45) is -0.546. The SMILES string of the molecule is Cc1ccc(C)c(OCC(O)CN2CCN(c3ccccc3F)CC2)c1. The van der Waals surface area contributed by atoms with Crippen molar-refractivity contribution in [3.05, 3.63) is 59.4 Å². The van der Waals surface area contributed by atoms with E-state index >= 15 is 0 Å². The predicted octanol–water partition coefficient (Wildman–Crippen LogP) is 3.00. The molecule has 5 heteroatoms. The van der Waals surface area contributed by atoms with Crippen molar-refractivity contribution < 1.29 is 14.2 Å². The van der Waals surface area contributed by atoms with Gasteiger partial charge in [-0.1, -0.05) is 24.3 Å². The zero-order valence-electron chi connectivity index (χ0n) is 15.5. The molecule has 0 amide bonds. The Labute approximate surface area is 154 Å². The average molecular weight is 358 g/mol. The Morgan fingerprint density at radius 3 is 2.54 bits per heavy atom. The number of hydrogen-bond donors (Lipinski definition) is 1. The lowest BCUT2D eigenvalue weighted by Gasteiger charge is -2.37. The Hall–Kier alpha value is -2.11. The lowest BCUT2D eigenvalue weighted by atomic mass is 10.1. The zero-order chi connectivity index (χ0) is 18.5. The maximum Gasteiger partial charge on any atom is 0.146 e. The van der Waals surface area contributed by atoms with Crippen molar-refractivity contribution in [3.63, 3.8) is 0 Å². The number of hydrogen-bond acceptors (Lipinski definition) is 4. The molecule has 1 N–H and O–H groups in total. The van der Waals surface area contributed by atoms with Crippen molar-refractivity contribution >= 4 is 5.69 Å². The van der Waals surface area contributed by atoms with E-state index in [2.05, 4.69) is 9.80 Å². The van der Waals surface area contributed by atoms with Crippen LogP contribution in [0.2, 0.25) is 0 Å². The zero-order valence-corrected chi connectivity index (χ0v) is 15.5. The smallest absolute Gasteiger partial charge is 0.146 e. The molecule has 1 aliphatic rings. The molecular formula is C21H27FN2O2. The highest BCUT2D eigenvalue weighted by atomic mass is 19.1. The third kappa shape index (κ3) is 4.74. The molecule has 1 saturated heterocycles. The summed E-state index contributed by atoms with van der Waals surface area (Å²) in [7, 11) is 0. The Morgan fingerprint density at radius 1 is 1.08 bits per heavy atom. The van der Waals surface area contributed by atoms with Crippen LogP contribution in [0.25, 0.3) is 0 Å². The number of anilines is 1. The van der Waals surface area contributed by atoms with Gasteiger partial charge in [0.25, 0.3) is 0 Å². The van der Waals surface area contributed by atoms with Gasteiger partial charge in [-0.25, -0.2) is 4.39 Å². The highest BCUT2D eigenvalue weighted by molar-refractivity contribution is 5.48. The minimum atomic E-state index is -0.546. The largest absolute Gasteiger partial charge is 0.491 e. The van der Waals surface area contributed by atoms with Crippen LogP contribution in [0.4, 0.5) is 10.1 Å². The molecule has 0 aliphatic carbocycles. The molecule has 0 bridgehead atoms. The molecule has 1 aliphatic heterocycles. The van der Waals surface area contributed by atoms with Gasteiger partial charge in [0, 0.05) is 32.7 Å². The van der Waals surface area contributed by atoms with Crippen LogP contribution in [-0.4, -0.2) is 55.4 Å². The number of piperazine rings is 1. The normalized spacial score (nSPS) is 16.5. The third-order valence-corrected chi connectivity index (χ3v) is 4.81. The first-order valence-electron chi connectivity index (χ1n) is 9.13. The number of rotatable bonds is 6. The van der Waals surface area contributed by atoms with Crippen LogP contribution in [0, 0.1) is 19.7 Å². The summed E-state index contributed by atoms with van der Waals surface area (Å²) < 4.78 is 19.7. The van der Waals surface area contributed by atoms with Crippen molar-refractivity contribution in [1.29, 1.82) is 0 Å². The van der Waals surface area contributed by atoms with Crippen molar-refractivity contribution in [2.24, 2.45) is 0 Å². The summed E-state index contributed by atoms with van der Waals surface area (Å²) in [5, 5.41) is 10.3. The molecule has 1 heterocycles. The summed E-state index contributed by atoms with van der Waals surface area (Å²) in [4.78, 5) is 4.26. The van der Waals surface area contributed by atoms with Crippen LogP contribution in [-0.2, 0) is 0 Å². The van der Waals surface area contributed by atoms with Crippen LogP contribution in [0.15, 0.2) is 42.5 Å². The first-order valence-corrected chi connectivity index (χ1v) is 9.13. The molecule has 2 aromatic carbocycles. The minimum Gasteiger partial charge on any atom is -0.491 e. The van der Waals surface area contributed by atoms with Gasteiger partial charge in [0.15, 0.2) is 0 Å². The van der Waals surface area contributed by atoms with Gasteiger partial charge in [0.05, 0.1) is 5.69 Å². The van der Waals surface area contributed by atoms with E-state index in [1.165, 1.54) is 6.07 Å². The molecule has 140 valence electrons. The van der Waals surface area contributed by atoms with E-state index in [1.807, 2.05) is 44.2 Å². The van der Waals surface area contributed by atoms with Gasteiger partial charge in [-0.3, -0.25) is 4.90 Å². The standard InChI is InChI=1S/C21H27FN2O2/c1-16-7-8-17(2)21(13-16)26-15-18(25)14-23-9-11-24(12-10-23)20-6-4-3-5-19(20)22/h3-8,13,18,25H,9-12,14-15H2,1-2H3. The van der Waals surface area contributed by atoms with Crippen molar-refractivity contribution in [2.45, 2.75) is 20.0 Å². The third-order valence-electron chi connectivity index (χ3n) is 4.81. The quantitative estimate of drug-likeness (QED) is 0.861. The molecule has 1 unspecified atom stereocenters. The summed E-state index contributed by atoms with van der Waals surface area (Å²) >= 11 is 0. The van der Waals surface area contributed by atoms with E-state index in [1.54, 1.807) is 6.07 Å². The fourth-order valence-corrected chi connectivity index (χ4v) is 3.28. The van der Waals surface area contributed by atoms with E-state index in [9.17, 15) is 9.50 Å². The van der Waals surface area contributed by atoms with Crippen molar-refractivity contribution in [1.82, 2.24) is 4.90 Å². The van der Waals surface area contributed by atoms with Crippen LogP contribution in [0.1, 0.15) is 11.1 Å². The summed E-state index contributed by atoms with van der Waals surface area (Å²) in [6, 6.07) is 13.0. The first kappa shape index (κ1) is 18.7. The number of β-amino-alcohol motifs (C(OH)–C–C–N with tert-alkyl or cyclic N) is 1. The van der Waals surface area contributed by atoms with Gasteiger partial charge in [-0.05, 0) is 43.2 Å². The number of para-hydroxylation sites is 1. The van der Waals surface area contributed by atoms with Gasteiger partial charge in [-0.15, -0.1) is 0 Å². The Balaban J connectivity index is 1.45. The Bertz CT molecular complexity index is 730. The van der Waals surface area contributed by atoms with Crippen LogP contribution < -0.4 is 9.64 Å². The van der Waals surface area contributed by atoms with Gasteiger partial charge in [0.2, 0.25) is 0 Å². The van der Waals surface area contributed by atoms with Gasteiger partial charge >= 0.3 is 0 Å². The lowest BCUT2D eigenvalue weighted by Crippen LogP contribution is -2.49. The monoisotopic (exact) mass is 358 g/mol. The lowest BCUT2D eigenvalue weighted by molar-refractivity contribution is 0.0660. The van der Waals surface area contributed by atoms with Crippen molar-refractivity contribution in [3.8, 4) is 5.75 Å². The number of aliphatic hydroxyl groups is 1. The molecule has 0 radical (unpaired) electrons. The molecule has 2 aromatic rings. The number of benzene rings is 2. The van der Waals surface area contributed by atoms with Crippen LogP contribution in [0.5, 0.6) is 5.75 Å². The summed E-state index contributed by atoms with van der Waals surface area (Å²) in [6.45, 7) is 7.98. The number of halogens is 1. The summed E-state index contributed by atoms with van der Waals surface area (Å²) in [5.74, 6) is 0.649. The number of aryl methyl sites for hydroxylation is 2. The molecule has 0 spiro atoms. The second-order valence-corrected chi connectivity index (χ2v) is 6.97. The fraction of sp³-hybridized carbons (Fsp3) is 0.429. The fourth-order valence-electron chi connectivity index (χ4n) is 3.28. The van der Waals surface area contributed by atoms with Gasteiger partial charge in [0.1, 0.15) is 24.3 Å². The Kier molecular flexibility index (Phi) is 6.12. The molecule has 4 nitrogen and oxygen atoms in total. The van der Waals surface area contributed by atoms with E-state index in [4.69, 9.17) is 4.74 Å². The minimum absolute atomic E-state index is 0.178. The highest BCUT2D eigenvalue weighted by Gasteiger charge is 2.21. The molecule has 3 rings (SSSR count). The topological polar surface area (TPSA) is 35.9 Å². The maximum atomic E-state index is 13.9. The number of nitrogens with zero attached hydrogens (tertiary/aromatic N) is 2. The number of ether oxygens (including phenoxy) is 1. The van der Waals surface area contributed by atoms with E-state index < -0.39 is 6.10 Å². The van der Waals surface area contributed by atoms with E-state index in [0.717, 1.165) is 43.1 Å². The maximum absolute atomic E-state index is 13.9. The van der Waals surface area contributed by atoms with Crippen LogP contribution in [0.3, 0.4) is 0 Å². The first-order chi connectivity index (χ1) is 12.5. The molecule has 0 aromatic heterocycles. The van der Waals surface area contributed by atoms with Crippen molar-refractivity contribution in [2.75, 3.05) is 44.2 Å². The van der Waals surface area contributed by atoms with E-state index in [-0.39, 0.29) is 12.4 Å². The predicted molar refractivity (Wildman–Crippen MR) is 102 cm³/mol. The average Bonchev–Trinajstić information content (AvgIpc) is 2.64. The molecule has 1 fully saturated rings. The van der Waals surface area contributed by atoms with Crippen LogP contribution >= 0.6 is 0 Å². The van der Waals surface area contributed by atoms with Gasteiger partial charge in [-0.2, -0.15) is 0 Å². The number of aliphatic hydroxyl groups excluding tert-OH is 1. The Morgan fingerprint density at radius 2 is 1.81 bits per heavy atom.